The van der Waals surface area contributed by atoms with E-state index in [1.54, 1.807) is 0 Å². The molecule has 0 saturated heterocycles. The molecule has 4 fully saturated rings. The third-order valence-electron chi connectivity index (χ3n) is 5.89. The first-order valence-corrected chi connectivity index (χ1v) is 7.85. The van der Waals surface area contributed by atoms with Crippen LogP contribution in [0.5, 0.6) is 0 Å². The third kappa shape index (κ3) is 2.57. The average molecular weight is 304 g/mol. The van der Waals surface area contributed by atoms with E-state index in [0.29, 0.717) is 17.8 Å². The van der Waals surface area contributed by atoms with Crippen LogP contribution in [0.25, 0.3) is 0 Å². The van der Waals surface area contributed by atoms with Crippen LogP contribution in [0.3, 0.4) is 0 Å². The maximum atomic E-state index is 12.9. The summed E-state index contributed by atoms with van der Waals surface area (Å²) in [5.74, 6) is 0.965. The molecule has 120 valence electrons. The van der Waals surface area contributed by atoms with E-state index in [1.807, 2.05) is 0 Å². The minimum atomic E-state index is -4.56. The van der Waals surface area contributed by atoms with Crippen LogP contribution in [0.2, 0.25) is 0 Å². The summed E-state index contributed by atoms with van der Waals surface area (Å²) in [6.07, 6.45) is 2.31. The van der Waals surface area contributed by atoms with Gasteiger partial charge in [0.1, 0.15) is 0 Å². The van der Waals surface area contributed by atoms with Crippen LogP contribution < -0.4 is 0 Å². The molecule has 0 N–H and O–H groups in total. The predicted molar refractivity (Wildman–Crippen MR) is 71.4 cm³/mol. The summed E-state index contributed by atoms with van der Waals surface area (Å²) >= 11 is 0. The molecule has 0 atom stereocenters. The minimum absolute atomic E-state index is 0.0356. The molecule has 0 aromatic rings. The summed E-state index contributed by atoms with van der Waals surface area (Å²) in [5, 5.41) is 0. The maximum Gasteiger partial charge on any atom is 0.404 e. The van der Waals surface area contributed by atoms with Gasteiger partial charge in [0.05, 0.1) is 6.61 Å². The molecule has 4 saturated carbocycles. The molecule has 0 aliphatic heterocycles. The smallest absolute Gasteiger partial charge is 0.404 e. The second-order valence-corrected chi connectivity index (χ2v) is 8.12. The number of ether oxygens (including phenoxy) is 1. The van der Waals surface area contributed by atoms with E-state index in [-0.39, 0.29) is 12.0 Å². The van der Waals surface area contributed by atoms with E-state index in [1.165, 1.54) is 19.3 Å². The highest BCUT2D eigenvalue weighted by molar-refractivity contribution is 5.76. The van der Waals surface area contributed by atoms with Crippen LogP contribution in [-0.2, 0) is 9.53 Å². The lowest BCUT2D eigenvalue weighted by molar-refractivity contribution is -0.228. The van der Waals surface area contributed by atoms with Gasteiger partial charge in [0.15, 0.2) is 5.41 Å². The zero-order valence-electron chi connectivity index (χ0n) is 12.6. The molecule has 0 spiro atoms. The van der Waals surface area contributed by atoms with Crippen molar-refractivity contribution >= 4 is 5.97 Å². The first kappa shape index (κ1) is 15.2. The number of halogens is 3. The van der Waals surface area contributed by atoms with E-state index in [0.717, 1.165) is 33.1 Å². The fraction of sp³-hybridized carbons (Fsp3) is 0.938. The van der Waals surface area contributed by atoms with Crippen molar-refractivity contribution in [3.05, 3.63) is 0 Å². The van der Waals surface area contributed by atoms with E-state index in [2.05, 4.69) is 0 Å². The Morgan fingerprint density at radius 2 is 1.48 bits per heavy atom. The highest BCUT2D eigenvalue weighted by Gasteiger charge is 2.56. The van der Waals surface area contributed by atoms with Gasteiger partial charge in [-0.25, -0.2) is 0 Å². The zero-order valence-corrected chi connectivity index (χ0v) is 12.6. The first-order chi connectivity index (χ1) is 9.61. The molecule has 0 unspecified atom stereocenters. The number of esters is 1. The quantitative estimate of drug-likeness (QED) is 0.725. The second kappa shape index (κ2) is 4.63. The van der Waals surface area contributed by atoms with Crippen molar-refractivity contribution in [2.24, 2.45) is 28.6 Å². The molecule has 0 aromatic heterocycles. The molecule has 0 radical (unpaired) electrons. The SMILES string of the molecule is CC(C)(C(=O)OCC12CC3CC(CC(C3)C1)C2)C(F)(F)F. The van der Waals surface area contributed by atoms with Crippen LogP contribution in [0.4, 0.5) is 13.2 Å². The third-order valence-corrected chi connectivity index (χ3v) is 5.89. The number of rotatable bonds is 3. The number of carbonyl (C=O) groups excluding carboxylic acids is 1. The summed E-state index contributed by atoms with van der Waals surface area (Å²) in [6, 6.07) is 0. The van der Waals surface area contributed by atoms with Crippen molar-refractivity contribution in [2.75, 3.05) is 6.61 Å². The Morgan fingerprint density at radius 1 is 1.05 bits per heavy atom. The van der Waals surface area contributed by atoms with Crippen molar-refractivity contribution in [3.8, 4) is 0 Å². The number of hydrogen-bond donors (Lipinski definition) is 0. The largest absolute Gasteiger partial charge is 0.464 e. The standard InChI is InChI=1S/C16H23F3O2/c1-14(2,16(17,18)19)13(20)21-9-15-6-10-3-11(7-15)5-12(4-10)8-15/h10-12H,3-9H2,1-2H3. The summed E-state index contributed by atoms with van der Waals surface area (Å²) in [4.78, 5) is 11.9. The molecule has 0 amide bonds. The molecular weight excluding hydrogens is 281 g/mol. The summed E-state index contributed by atoms with van der Waals surface area (Å²) in [5.41, 5.74) is -2.46. The van der Waals surface area contributed by atoms with E-state index in [9.17, 15) is 18.0 Å². The average Bonchev–Trinajstić information content (AvgIpc) is 2.32. The van der Waals surface area contributed by atoms with Gasteiger partial charge < -0.3 is 4.74 Å². The Balaban J connectivity index is 1.64. The monoisotopic (exact) mass is 304 g/mol. The normalized spacial score (nSPS) is 38.6. The van der Waals surface area contributed by atoms with Crippen molar-refractivity contribution in [1.29, 1.82) is 0 Å². The first-order valence-electron chi connectivity index (χ1n) is 7.85. The van der Waals surface area contributed by atoms with Gasteiger partial charge in [0.2, 0.25) is 0 Å². The van der Waals surface area contributed by atoms with E-state index in [4.69, 9.17) is 4.74 Å². The van der Waals surface area contributed by atoms with Gasteiger partial charge in [-0.3, -0.25) is 4.79 Å². The molecular formula is C16H23F3O2. The highest BCUT2D eigenvalue weighted by atomic mass is 19.4. The molecule has 21 heavy (non-hydrogen) atoms. The molecule has 5 heteroatoms. The van der Waals surface area contributed by atoms with Crippen LogP contribution >= 0.6 is 0 Å². The van der Waals surface area contributed by atoms with Gasteiger partial charge in [-0.05, 0) is 70.1 Å². The fourth-order valence-electron chi connectivity index (χ4n) is 4.98. The summed E-state index contributed by atoms with van der Waals surface area (Å²) in [7, 11) is 0. The molecule has 4 rings (SSSR count). The van der Waals surface area contributed by atoms with Crippen molar-refractivity contribution < 1.29 is 22.7 Å². The topological polar surface area (TPSA) is 26.3 Å². The summed E-state index contributed by atoms with van der Waals surface area (Å²) < 4.78 is 43.8. The Kier molecular flexibility index (Phi) is 3.34. The molecule has 2 nitrogen and oxygen atoms in total. The van der Waals surface area contributed by atoms with Crippen LogP contribution in [-0.4, -0.2) is 18.8 Å². The number of hydrogen-bond acceptors (Lipinski definition) is 2. The van der Waals surface area contributed by atoms with E-state index < -0.39 is 17.6 Å². The maximum absolute atomic E-state index is 12.9. The van der Waals surface area contributed by atoms with Crippen LogP contribution in [0.15, 0.2) is 0 Å². The van der Waals surface area contributed by atoms with Gasteiger partial charge >= 0.3 is 12.1 Å². The summed E-state index contributed by atoms with van der Waals surface area (Å²) in [6.45, 7) is 1.97. The Labute approximate surface area is 123 Å². The Bertz CT molecular complexity index is 404. The van der Waals surface area contributed by atoms with Crippen molar-refractivity contribution in [3.63, 3.8) is 0 Å². The number of alkyl halides is 3. The number of carbonyl (C=O) groups is 1. The lowest BCUT2D eigenvalue weighted by Crippen LogP contribution is -2.49. The minimum Gasteiger partial charge on any atom is -0.464 e. The van der Waals surface area contributed by atoms with Crippen molar-refractivity contribution in [2.45, 2.75) is 58.5 Å². The predicted octanol–water partition coefficient (Wildman–Crippen LogP) is 4.33. The second-order valence-electron chi connectivity index (χ2n) is 8.12. The Morgan fingerprint density at radius 3 is 1.86 bits per heavy atom. The Hall–Kier alpha value is -0.740. The lowest BCUT2D eigenvalue weighted by atomic mass is 9.50. The zero-order chi connectivity index (χ0) is 15.5. The molecule has 4 aliphatic carbocycles. The van der Waals surface area contributed by atoms with Crippen LogP contribution in [0, 0.1) is 28.6 Å². The van der Waals surface area contributed by atoms with Gasteiger partial charge in [-0.15, -0.1) is 0 Å². The molecule has 0 aromatic carbocycles. The lowest BCUT2D eigenvalue weighted by Gasteiger charge is -2.56. The molecule has 4 aliphatic rings. The van der Waals surface area contributed by atoms with Crippen molar-refractivity contribution in [1.82, 2.24) is 0 Å². The van der Waals surface area contributed by atoms with Gasteiger partial charge in [0, 0.05) is 5.41 Å². The molecule has 4 bridgehead atoms. The van der Waals surface area contributed by atoms with E-state index >= 15 is 0 Å². The highest BCUT2D eigenvalue weighted by Crippen LogP contribution is 2.60. The molecule has 0 heterocycles. The van der Waals surface area contributed by atoms with Gasteiger partial charge in [-0.2, -0.15) is 13.2 Å². The van der Waals surface area contributed by atoms with Gasteiger partial charge in [0.25, 0.3) is 0 Å². The van der Waals surface area contributed by atoms with Crippen LogP contribution in [0.1, 0.15) is 52.4 Å². The van der Waals surface area contributed by atoms with Gasteiger partial charge in [-0.1, -0.05) is 0 Å². The fourth-order valence-corrected chi connectivity index (χ4v) is 4.98.